The number of ether oxygens (including phenoxy) is 1. The first-order chi connectivity index (χ1) is 7.11. The van der Waals surface area contributed by atoms with E-state index < -0.39 is 0 Å². The Labute approximate surface area is 91.1 Å². The van der Waals surface area contributed by atoms with Crippen LogP contribution in [0.5, 0.6) is 0 Å². The molecular weight excluding hydrogens is 190 g/mol. The summed E-state index contributed by atoms with van der Waals surface area (Å²) in [5.41, 5.74) is 6.51. The molecule has 1 rings (SSSR count). The molecule has 0 aromatic carbocycles. The van der Waals surface area contributed by atoms with Crippen molar-refractivity contribution >= 4 is 11.5 Å². The predicted molar refractivity (Wildman–Crippen MR) is 63.0 cm³/mol. The molecule has 1 aromatic heterocycles. The molecule has 1 heterocycles. The second kappa shape index (κ2) is 5.56. The lowest BCUT2D eigenvalue weighted by molar-refractivity contribution is 0.0845. The summed E-state index contributed by atoms with van der Waals surface area (Å²) >= 11 is 0. The number of pyridine rings is 1. The van der Waals surface area contributed by atoms with Gasteiger partial charge in [0.05, 0.1) is 18.4 Å². The number of likely N-dealkylation sites (N-methyl/N-ethyl adjacent to an activating group) is 1. The van der Waals surface area contributed by atoms with Crippen LogP contribution in [0.25, 0.3) is 0 Å². The van der Waals surface area contributed by atoms with Gasteiger partial charge < -0.3 is 15.4 Å². The van der Waals surface area contributed by atoms with Crippen molar-refractivity contribution in [1.82, 2.24) is 4.98 Å². The van der Waals surface area contributed by atoms with Gasteiger partial charge in [-0.25, -0.2) is 4.98 Å². The van der Waals surface area contributed by atoms with Crippen LogP contribution in [0.3, 0.4) is 0 Å². The second-order valence-electron chi connectivity index (χ2n) is 3.76. The van der Waals surface area contributed by atoms with Crippen molar-refractivity contribution in [2.24, 2.45) is 0 Å². The molecule has 4 heteroatoms. The number of nitrogens with two attached hydrogens (primary N) is 1. The monoisotopic (exact) mass is 209 g/mol. The zero-order valence-corrected chi connectivity index (χ0v) is 9.60. The number of hydrogen-bond acceptors (Lipinski definition) is 4. The van der Waals surface area contributed by atoms with Crippen molar-refractivity contribution < 1.29 is 4.74 Å². The fourth-order valence-electron chi connectivity index (χ4n) is 1.26. The first-order valence-electron chi connectivity index (χ1n) is 5.14. The summed E-state index contributed by atoms with van der Waals surface area (Å²) in [6.45, 7) is 5.52. The smallest absolute Gasteiger partial charge is 0.151 e. The van der Waals surface area contributed by atoms with Crippen LogP contribution in [0.1, 0.15) is 13.8 Å². The fraction of sp³-hybridized carbons (Fsp3) is 0.545. The SMILES string of the molecule is CC(C)OCCN(C)c1ncccc1N. The molecule has 0 aliphatic heterocycles. The standard InChI is InChI=1S/C11H19N3O/c1-9(2)15-8-7-14(3)11-10(12)5-4-6-13-11/h4-6,9H,7-8,12H2,1-3H3. The fourth-order valence-corrected chi connectivity index (χ4v) is 1.26. The topological polar surface area (TPSA) is 51.4 Å². The quantitative estimate of drug-likeness (QED) is 0.799. The molecule has 0 aliphatic carbocycles. The van der Waals surface area contributed by atoms with Gasteiger partial charge >= 0.3 is 0 Å². The molecule has 84 valence electrons. The third-order valence-electron chi connectivity index (χ3n) is 2.06. The molecule has 0 unspecified atom stereocenters. The maximum Gasteiger partial charge on any atom is 0.151 e. The maximum absolute atomic E-state index is 5.81. The van der Waals surface area contributed by atoms with Crippen molar-refractivity contribution in [3.05, 3.63) is 18.3 Å². The van der Waals surface area contributed by atoms with Crippen LogP contribution in [0.15, 0.2) is 18.3 Å². The van der Waals surface area contributed by atoms with E-state index in [9.17, 15) is 0 Å². The second-order valence-corrected chi connectivity index (χ2v) is 3.76. The zero-order chi connectivity index (χ0) is 11.3. The Hall–Kier alpha value is -1.29. The number of hydrogen-bond donors (Lipinski definition) is 1. The number of rotatable bonds is 5. The Bertz CT molecular complexity index is 302. The number of nitrogens with zero attached hydrogens (tertiary/aromatic N) is 2. The molecule has 4 nitrogen and oxygen atoms in total. The molecule has 0 atom stereocenters. The van der Waals surface area contributed by atoms with E-state index in [1.807, 2.05) is 37.9 Å². The summed E-state index contributed by atoms with van der Waals surface area (Å²) in [5, 5.41) is 0. The minimum absolute atomic E-state index is 0.263. The molecule has 0 spiro atoms. The summed E-state index contributed by atoms with van der Waals surface area (Å²) < 4.78 is 5.46. The Balaban J connectivity index is 2.47. The van der Waals surface area contributed by atoms with Crippen molar-refractivity contribution in [1.29, 1.82) is 0 Å². The van der Waals surface area contributed by atoms with Crippen molar-refractivity contribution in [3.8, 4) is 0 Å². The van der Waals surface area contributed by atoms with Crippen LogP contribution in [0.2, 0.25) is 0 Å². The Morgan fingerprint density at radius 3 is 2.87 bits per heavy atom. The Kier molecular flexibility index (Phi) is 4.37. The molecule has 0 amide bonds. The average molecular weight is 209 g/mol. The van der Waals surface area contributed by atoms with E-state index in [2.05, 4.69) is 4.98 Å². The van der Waals surface area contributed by atoms with Gasteiger partial charge in [0.25, 0.3) is 0 Å². The first-order valence-corrected chi connectivity index (χ1v) is 5.14. The highest BCUT2D eigenvalue weighted by Crippen LogP contribution is 2.16. The summed E-state index contributed by atoms with van der Waals surface area (Å²) in [4.78, 5) is 6.22. The van der Waals surface area contributed by atoms with Crippen LogP contribution in [-0.2, 0) is 4.74 Å². The van der Waals surface area contributed by atoms with Gasteiger partial charge in [-0.1, -0.05) is 0 Å². The highest BCUT2D eigenvalue weighted by Gasteiger charge is 2.05. The molecule has 0 saturated carbocycles. The van der Waals surface area contributed by atoms with Crippen LogP contribution in [-0.4, -0.2) is 31.3 Å². The van der Waals surface area contributed by atoms with Gasteiger partial charge in [0.2, 0.25) is 0 Å². The third-order valence-corrected chi connectivity index (χ3v) is 2.06. The average Bonchev–Trinajstić information content (AvgIpc) is 2.17. The normalized spacial score (nSPS) is 10.7. The lowest BCUT2D eigenvalue weighted by Gasteiger charge is -2.20. The summed E-state index contributed by atoms with van der Waals surface area (Å²) in [5.74, 6) is 0.810. The lowest BCUT2D eigenvalue weighted by atomic mass is 10.3. The van der Waals surface area contributed by atoms with Crippen LogP contribution >= 0.6 is 0 Å². The van der Waals surface area contributed by atoms with Gasteiger partial charge in [0.15, 0.2) is 5.82 Å². The zero-order valence-electron chi connectivity index (χ0n) is 9.60. The van der Waals surface area contributed by atoms with Gasteiger partial charge in [-0.3, -0.25) is 0 Å². The van der Waals surface area contributed by atoms with E-state index in [1.165, 1.54) is 0 Å². The molecule has 0 bridgehead atoms. The predicted octanol–water partition coefficient (Wildman–Crippen LogP) is 1.52. The largest absolute Gasteiger partial charge is 0.396 e. The summed E-state index contributed by atoms with van der Waals surface area (Å²) in [7, 11) is 1.96. The number of nitrogen functional groups attached to an aromatic ring is 1. The van der Waals surface area contributed by atoms with Crippen LogP contribution < -0.4 is 10.6 Å². The maximum atomic E-state index is 5.81. The van der Waals surface area contributed by atoms with E-state index in [0.717, 1.165) is 12.4 Å². The summed E-state index contributed by atoms with van der Waals surface area (Å²) in [6, 6.07) is 3.68. The Morgan fingerprint density at radius 1 is 1.53 bits per heavy atom. The summed E-state index contributed by atoms with van der Waals surface area (Å²) in [6.07, 6.45) is 2.00. The minimum Gasteiger partial charge on any atom is -0.396 e. The molecular formula is C11H19N3O. The van der Waals surface area contributed by atoms with Gasteiger partial charge in [0, 0.05) is 19.8 Å². The van der Waals surface area contributed by atoms with E-state index >= 15 is 0 Å². The van der Waals surface area contributed by atoms with Crippen LogP contribution in [0.4, 0.5) is 11.5 Å². The van der Waals surface area contributed by atoms with E-state index in [-0.39, 0.29) is 6.10 Å². The van der Waals surface area contributed by atoms with Gasteiger partial charge in [-0.05, 0) is 26.0 Å². The van der Waals surface area contributed by atoms with E-state index in [1.54, 1.807) is 6.20 Å². The molecule has 1 aromatic rings. The van der Waals surface area contributed by atoms with Gasteiger partial charge in [-0.15, -0.1) is 0 Å². The first kappa shape index (κ1) is 11.8. The van der Waals surface area contributed by atoms with Crippen molar-refractivity contribution in [2.45, 2.75) is 20.0 Å². The number of anilines is 2. The van der Waals surface area contributed by atoms with Gasteiger partial charge in [0.1, 0.15) is 0 Å². The van der Waals surface area contributed by atoms with Crippen molar-refractivity contribution in [3.63, 3.8) is 0 Å². The molecule has 15 heavy (non-hydrogen) atoms. The molecule has 2 N–H and O–H groups in total. The van der Waals surface area contributed by atoms with Gasteiger partial charge in [-0.2, -0.15) is 0 Å². The van der Waals surface area contributed by atoms with Crippen molar-refractivity contribution in [2.75, 3.05) is 30.8 Å². The highest BCUT2D eigenvalue weighted by molar-refractivity contribution is 5.61. The lowest BCUT2D eigenvalue weighted by Crippen LogP contribution is -2.25. The highest BCUT2D eigenvalue weighted by atomic mass is 16.5. The number of aromatic nitrogens is 1. The van der Waals surface area contributed by atoms with E-state index in [0.29, 0.717) is 12.3 Å². The molecule has 0 fully saturated rings. The minimum atomic E-state index is 0.263. The third kappa shape index (κ3) is 3.75. The molecule has 0 aliphatic rings. The molecule has 0 saturated heterocycles. The van der Waals surface area contributed by atoms with E-state index in [4.69, 9.17) is 10.5 Å². The molecule has 0 radical (unpaired) electrons. The Morgan fingerprint density at radius 2 is 2.27 bits per heavy atom. The van der Waals surface area contributed by atoms with Crippen LogP contribution in [0, 0.1) is 0 Å².